The van der Waals surface area contributed by atoms with Gasteiger partial charge in [-0.1, -0.05) is 41.7 Å². The molecule has 0 radical (unpaired) electrons. The van der Waals surface area contributed by atoms with E-state index in [9.17, 15) is 4.39 Å². The lowest BCUT2D eigenvalue weighted by Crippen LogP contribution is -2.22. The van der Waals surface area contributed by atoms with Gasteiger partial charge in [0.15, 0.2) is 0 Å². The van der Waals surface area contributed by atoms with E-state index in [-0.39, 0.29) is 5.82 Å². The molecule has 0 bridgehead atoms. The van der Waals surface area contributed by atoms with Crippen LogP contribution in [0, 0.1) is 23.6 Å². The van der Waals surface area contributed by atoms with Crippen LogP contribution in [0.5, 0.6) is 0 Å². The molecule has 2 aromatic carbocycles. The van der Waals surface area contributed by atoms with Crippen molar-refractivity contribution < 1.29 is 9.13 Å². The molecule has 1 aliphatic rings. The number of rotatable bonds is 7. The monoisotopic (exact) mass is 410 g/mol. The largest absolute Gasteiger partial charge is 0.378 e. The highest BCUT2D eigenvalue weighted by molar-refractivity contribution is 6.30. The van der Waals surface area contributed by atoms with Gasteiger partial charge < -0.3 is 4.74 Å². The molecule has 152 valence electrons. The first-order valence-electron chi connectivity index (χ1n) is 10.4. The molecule has 3 heteroatoms. The molecule has 0 aromatic heterocycles. The smallest absolute Gasteiger partial charge is 0.140 e. The quantitative estimate of drug-likeness (QED) is 0.272. The minimum Gasteiger partial charge on any atom is -0.378 e. The van der Waals surface area contributed by atoms with Crippen LogP contribution in [0.3, 0.4) is 0 Å². The fourth-order valence-electron chi connectivity index (χ4n) is 3.76. The topological polar surface area (TPSA) is 9.23 Å². The first-order chi connectivity index (χ1) is 14.1. The van der Waals surface area contributed by atoms with Gasteiger partial charge in [-0.25, -0.2) is 4.39 Å². The van der Waals surface area contributed by atoms with Crippen LogP contribution in [-0.2, 0) is 11.2 Å². The molecule has 0 spiro atoms. The molecule has 1 aliphatic carbocycles. The lowest BCUT2D eigenvalue weighted by atomic mass is 9.83. The fourth-order valence-corrected chi connectivity index (χ4v) is 3.92. The van der Waals surface area contributed by atoms with Gasteiger partial charge in [-0.15, -0.1) is 6.58 Å². The highest BCUT2D eigenvalue weighted by Crippen LogP contribution is 2.29. The minimum atomic E-state index is -0.387. The second kappa shape index (κ2) is 11.2. The molecule has 0 unspecified atom stereocenters. The van der Waals surface area contributed by atoms with E-state index in [1.54, 1.807) is 12.1 Å². The van der Waals surface area contributed by atoms with Crippen LogP contribution in [-0.4, -0.2) is 12.7 Å². The maximum Gasteiger partial charge on any atom is 0.140 e. The lowest BCUT2D eigenvalue weighted by molar-refractivity contribution is 0.0198. The van der Waals surface area contributed by atoms with Gasteiger partial charge in [0.25, 0.3) is 0 Å². The molecular weight excluding hydrogens is 383 g/mol. The van der Waals surface area contributed by atoms with Gasteiger partial charge in [0.2, 0.25) is 0 Å². The lowest BCUT2D eigenvalue weighted by Gasteiger charge is -2.28. The molecular formula is C26H28ClFO. The van der Waals surface area contributed by atoms with E-state index in [1.165, 1.54) is 43.7 Å². The van der Waals surface area contributed by atoms with Gasteiger partial charge in [-0.3, -0.25) is 0 Å². The molecule has 0 aliphatic heterocycles. The summed E-state index contributed by atoms with van der Waals surface area (Å²) in [6, 6.07) is 12.8. The Morgan fingerprint density at radius 1 is 1.07 bits per heavy atom. The summed E-state index contributed by atoms with van der Waals surface area (Å²) >= 11 is 5.77. The predicted molar refractivity (Wildman–Crippen MR) is 119 cm³/mol. The zero-order valence-corrected chi connectivity index (χ0v) is 17.6. The first kappa shape index (κ1) is 21.6. The van der Waals surface area contributed by atoms with E-state index in [0.717, 1.165) is 30.9 Å². The SMILES string of the molecule is C=CCCOC1CCC(CCc2ccc(C#Cc3ccc(Cl)cc3F)cc2)CC1. The van der Waals surface area contributed by atoms with Gasteiger partial charge in [0.1, 0.15) is 5.82 Å². The molecule has 29 heavy (non-hydrogen) atoms. The molecule has 1 saturated carbocycles. The van der Waals surface area contributed by atoms with E-state index in [1.807, 2.05) is 18.2 Å². The minimum absolute atomic E-state index is 0.363. The number of aryl methyl sites for hydroxylation is 1. The van der Waals surface area contributed by atoms with Gasteiger partial charge in [0.05, 0.1) is 18.3 Å². The van der Waals surface area contributed by atoms with Crippen molar-refractivity contribution in [1.29, 1.82) is 0 Å². The predicted octanol–water partition coefficient (Wildman–Crippen LogP) is 6.96. The van der Waals surface area contributed by atoms with Gasteiger partial charge >= 0.3 is 0 Å². The van der Waals surface area contributed by atoms with E-state index in [2.05, 4.69) is 30.6 Å². The average molecular weight is 411 g/mol. The Hall–Kier alpha value is -2.08. The van der Waals surface area contributed by atoms with Crippen molar-refractivity contribution in [2.45, 2.75) is 51.0 Å². The average Bonchev–Trinajstić information content (AvgIpc) is 2.73. The third-order valence-corrected chi connectivity index (χ3v) is 5.77. The molecule has 1 nitrogen and oxygen atoms in total. The van der Waals surface area contributed by atoms with Crippen LogP contribution >= 0.6 is 11.6 Å². The van der Waals surface area contributed by atoms with Crippen molar-refractivity contribution in [1.82, 2.24) is 0 Å². The summed E-state index contributed by atoms with van der Waals surface area (Å²) in [5.41, 5.74) is 2.58. The molecule has 0 N–H and O–H groups in total. The van der Waals surface area contributed by atoms with Crippen molar-refractivity contribution in [3.8, 4) is 11.8 Å². The van der Waals surface area contributed by atoms with Crippen LogP contribution in [0.2, 0.25) is 5.02 Å². The third-order valence-electron chi connectivity index (χ3n) is 5.54. The van der Waals surface area contributed by atoms with Crippen LogP contribution in [0.25, 0.3) is 0 Å². The fraction of sp³-hybridized carbons (Fsp3) is 0.385. The standard InChI is InChI=1S/C26H28ClFO/c1-2-3-18-29-25-16-11-22(12-17-25)9-6-20-4-7-21(8-5-20)10-13-23-14-15-24(27)19-26(23)28/h2,4-5,7-8,14-15,19,22,25H,1,3,6,9,11-12,16-18H2. The van der Waals surface area contributed by atoms with Crippen molar-refractivity contribution in [3.63, 3.8) is 0 Å². The van der Waals surface area contributed by atoms with Crippen molar-refractivity contribution in [2.24, 2.45) is 5.92 Å². The molecule has 0 amide bonds. The summed E-state index contributed by atoms with van der Waals surface area (Å²) in [6.07, 6.45) is 10.5. The Balaban J connectivity index is 1.44. The Kier molecular flexibility index (Phi) is 8.35. The van der Waals surface area contributed by atoms with Crippen molar-refractivity contribution in [3.05, 3.63) is 82.6 Å². The van der Waals surface area contributed by atoms with E-state index in [0.29, 0.717) is 16.7 Å². The van der Waals surface area contributed by atoms with E-state index < -0.39 is 0 Å². The molecule has 0 saturated heterocycles. The van der Waals surface area contributed by atoms with E-state index in [4.69, 9.17) is 16.3 Å². The molecule has 0 atom stereocenters. The third kappa shape index (κ3) is 7.03. The summed E-state index contributed by atoms with van der Waals surface area (Å²) in [5, 5.41) is 0.381. The number of hydrogen-bond acceptors (Lipinski definition) is 1. The zero-order valence-electron chi connectivity index (χ0n) is 16.8. The molecule has 1 fully saturated rings. The molecule has 2 aromatic rings. The number of benzene rings is 2. The van der Waals surface area contributed by atoms with Gasteiger partial charge in [0, 0.05) is 10.6 Å². The summed E-state index contributed by atoms with van der Waals surface area (Å²) < 4.78 is 19.7. The molecule has 0 heterocycles. The van der Waals surface area contributed by atoms with Crippen LogP contribution in [0.4, 0.5) is 4.39 Å². The number of hydrogen-bond donors (Lipinski definition) is 0. The Bertz CT molecular complexity index is 855. The summed E-state index contributed by atoms with van der Waals surface area (Å²) in [7, 11) is 0. The van der Waals surface area contributed by atoms with Gasteiger partial charge in [-0.2, -0.15) is 0 Å². The Morgan fingerprint density at radius 2 is 1.83 bits per heavy atom. The molecule has 3 rings (SSSR count). The van der Waals surface area contributed by atoms with Gasteiger partial charge in [-0.05, 0) is 86.8 Å². The maximum atomic E-state index is 13.8. The first-order valence-corrected chi connectivity index (χ1v) is 10.8. The zero-order chi connectivity index (χ0) is 20.5. The van der Waals surface area contributed by atoms with Crippen molar-refractivity contribution in [2.75, 3.05) is 6.61 Å². The maximum absolute atomic E-state index is 13.8. The highest BCUT2D eigenvalue weighted by atomic mass is 35.5. The van der Waals surface area contributed by atoms with E-state index >= 15 is 0 Å². The summed E-state index contributed by atoms with van der Waals surface area (Å²) in [6.45, 7) is 4.54. The summed E-state index contributed by atoms with van der Waals surface area (Å²) in [4.78, 5) is 0. The second-order valence-corrected chi connectivity index (χ2v) is 8.14. The Labute approximate surface area is 178 Å². The Morgan fingerprint density at radius 3 is 2.52 bits per heavy atom. The van der Waals surface area contributed by atoms with Crippen LogP contribution in [0.15, 0.2) is 55.1 Å². The summed E-state index contributed by atoms with van der Waals surface area (Å²) in [5.74, 6) is 6.31. The van der Waals surface area contributed by atoms with Crippen molar-refractivity contribution >= 4 is 11.6 Å². The number of ether oxygens (including phenoxy) is 1. The number of halogens is 2. The van der Waals surface area contributed by atoms with Crippen LogP contribution < -0.4 is 0 Å². The highest BCUT2D eigenvalue weighted by Gasteiger charge is 2.21. The van der Waals surface area contributed by atoms with Crippen LogP contribution in [0.1, 0.15) is 55.2 Å². The second-order valence-electron chi connectivity index (χ2n) is 7.70. The normalized spacial score (nSPS) is 18.7.